The summed E-state index contributed by atoms with van der Waals surface area (Å²) in [5.74, 6) is -0.478. The van der Waals surface area contributed by atoms with E-state index in [-0.39, 0.29) is 11.3 Å². The van der Waals surface area contributed by atoms with Crippen molar-refractivity contribution in [2.24, 2.45) is 0 Å². The number of hydrogen-bond donors (Lipinski definition) is 3. The average molecular weight is 386 g/mol. The fourth-order valence-electron chi connectivity index (χ4n) is 1.52. The SMILES string of the molecule is Nc1ccc(NC(=O)c2ccc(Br)cc2O)c(Br)c1. The van der Waals surface area contributed by atoms with Crippen LogP contribution in [0.25, 0.3) is 0 Å². The lowest BCUT2D eigenvalue weighted by Gasteiger charge is -2.09. The Bertz CT molecular complexity index is 645. The van der Waals surface area contributed by atoms with Crippen LogP contribution < -0.4 is 11.1 Å². The zero-order chi connectivity index (χ0) is 14.0. The number of aromatic hydroxyl groups is 1. The first-order valence-electron chi connectivity index (χ1n) is 5.32. The fraction of sp³-hybridized carbons (Fsp3) is 0. The standard InChI is InChI=1S/C13H10Br2N2O2/c14-7-1-3-9(12(18)5-7)13(19)17-11-4-2-8(16)6-10(11)15/h1-6,18H,16H2,(H,17,19). The van der Waals surface area contributed by atoms with Crippen LogP contribution in [0.2, 0.25) is 0 Å². The number of amides is 1. The van der Waals surface area contributed by atoms with Crippen molar-refractivity contribution in [3.8, 4) is 5.75 Å². The summed E-state index contributed by atoms with van der Waals surface area (Å²) in [5, 5.41) is 12.4. The predicted molar refractivity (Wildman–Crippen MR) is 82.3 cm³/mol. The Morgan fingerprint density at radius 3 is 2.53 bits per heavy atom. The molecule has 0 bridgehead atoms. The quantitative estimate of drug-likeness (QED) is 0.689. The van der Waals surface area contributed by atoms with Crippen LogP contribution in [0.15, 0.2) is 45.3 Å². The van der Waals surface area contributed by atoms with Gasteiger partial charge in [-0.25, -0.2) is 0 Å². The number of nitrogen functional groups attached to an aromatic ring is 1. The van der Waals surface area contributed by atoms with Crippen LogP contribution in [-0.4, -0.2) is 11.0 Å². The lowest BCUT2D eigenvalue weighted by molar-refractivity contribution is 0.102. The number of nitrogens with one attached hydrogen (secondary N) is 1. The molecule has 0 aliphatic rings. The number of carbonyl (C=O) groups is 1. The van der Waals surface area contributed by atoms with E-state index < -0.39 is 5.91 Å². The van der Waals surface area contributed by atoms with Gasteiger partial charge in [0.25, 0.3) is 5.91 Å². The van der Waals surface area contributed by atoms with Crippen molar-refractivity contribution in [3.63, 3.8) is 0 Å². The number of anilines is 2. The van der Waals surface area contributed by atoms with Gasteiger partial charge >= 0.3 is 0 Å². The lowest BCUT2D eigenvalue weighted by Crippen LogP contribution is -2.12. The molecule has 1 amide bonds. The van der Waals surface area contributed by atoms with Crippen molar-refractivity contribution in [1.82, 2.24) is 0 Å². The van der Waals surface area contributed by atoms with Crippen LogP contribution in [0.4, 0.5) is 11.4 Å². The fourth-order valence-corrected chi connectivity index (χ4v) is 2.36. The first-order chi connectivity index (χ1) is 8.97. The normalized spacial score (nSPS) is 10.2. The van der Waals surface area contributed by atoms with E-state index in [0.717, 1.165) is 0 Å². The predicted octanol–water partition coefficient (Wildman–Crippen LogP) is 3.75. The highest BCUT2D eigenvalue weighted by molar-refractivity contribution is 9.10. The van der Waals surface area contributed by atoms with Crippen molar-refractivity contribution in [2.75, 3.05) is 11.1 Å². The number of phenolic OH excluding ortho intramolecular Hbond substituents is 1. The van der Waals surface area contributed by atoms with E-state index in [1.54, 1.807) is 30.3 Å². The van der Waals surface area contributed by atoms with Crippen LogP contribution in [-0.2, 0) is 0 Å². The summed E-state index contributed by atoms with van der Waals surface area (Å²) in [6.07, 6.45) is 0. The molecule has 4 N–H and O–H groups in total. The molecule has 0 aliphatic heterocycles. The first kappa shape index (κ1) is 13.9. The summed E-state index contributed by atoms with van der Waals surface area (Å²) >= 11 is 6.53. The van der Waals surface area contributed by atoms with Gasteiger partial charge in [0.2, 0.25) is 0 Å². The van der Waals surface area contributed by atoms with Crippen LogP contribution in [0.1, 0.15) is 10.4 Å². The van der Waals surface area contributed by atoms with Crippen LogP contribution in [0.3, 0.4) is 0 Å². The van der Waals surface area contributed by atoms with E-state index in [0.29, 0.717) is 20.3 Å². The van der Waals surface area contributed by atoms with E-state index in [9.17, 15) is 9.90 Å². The number of hydrogen-bond acceptors (Lipinski definition) is 3. The van der Waals surface area contributed by atoms with Gasteiger partial charge in [-0.3, -0.25) is 4.79 Å². The van der Waals surface area contributed by atoms with E-state index in [1.807, 2.05) is 0 Å². The number of rotatable bonds is 2. The number of carbonyl (C=O) groups excluding carboxylic acids is 1. The molecule has 0 radical (unpaired) electrons. The zero-order valence-corrected chi connectivity index (χ0v) is 12.8. The lowest BCUT2D eigenvalue weighted by atomic mass is 10.2. The Balaban J connectivity index is 2.25. The van der Waals surface area contributed by atoms with Crippen molar-refractivity contribution < 1.29 is 9.90 Å². The molecule has 0 atom stereocenters. The van der Waals surface area contributed by atoms with Gasteiger partial charge in [-0.15, -0.1) is 0 Å². The molecule has 0 spiro atoms. The maximum absolute atomic E-state index is 12.0. The van der Waals surface area contributed by atoms with Gasteiger partial charge < -0.3 is 16.2 Å². The summed E-state index contributed by atoms with van der Waals surface area (Å²) in [6, 6.07) is 9.76. The van der Waals surface area contributed by atoms with Gasteiger partial charge in [0.1, 0.15) is 5.75 Å². The third kappa shape index (κ3) is 3.27. The number of benzene rings is 2. The highest BCUT2D eigenvalue weighted by Gasteiger charge is 2.12. The Morgan fingerprint density at radius 1 is 1.16 bits per heavy atom. The largest absolute Gasteiger partial charge is 0.507 e. The maximum Gasteiger partial charge on any atom is 0.259 e. The molecule has 0 fully saturated rings. The molecule has 4 nitrogen and oxygen atoms in total. The van der Waals surface area contributed by atoms with Crippen molar-refractivity contribution in [1.29, 1.82) is 0 Å². The van der Waals surface area contributed by atoms with Gasteiger partial charge in [0.15, 0.2) is 0 Å². The summed E-state index contributed by atoms with van der Waals surface area (Å²) in [4.78, 5) is 12.0. The molecule has 0 aromatic heterocycles. The third-order valence-corrected chi connectivity index (χ3v) is 3.60. The highest BCUT2D eigenvalue weighted by Crippen LogP contribution is 2.27. The summed E-state index contributed by atoms with van der Waals surface area (Å²) < 4.78 is 1.38. The molecule has 6 heteroatoms. The number of halogens is 2. The van der Waals surface area contributed by atoms with E-state index in [4.69, 9.17) is 5.73 Å². The topological polar surface area (TPSA) is 75.3 Å². The Kier molecular flexibility index (Phi) is 4.11. The van der Waals surface area contributed by atoms with Crippen molar-refractivity contribution in [3.05, 3.63) is 50.9 Å². The number of nitrogens with two attached hydrogens (primary N) is 1. The third-order valence-electron chi connectivity index (χ3n) is 2.45. The monoisotopic (exact) mass is 384 g/mol. The summed E-state index contributed by atoms with van der Waals surface area (Å²) in [7, 11) is 0. The zero-order valence-electron chi connectivity index (χ0n) is 9.65. The van der Waals surface area contributed by atoms with E-state index in [2.05, 4.69) is 37.2 Å². The van der Waals surface area contributed by atoms with Crippen molar-refractivity contribution in [2.45, 2.75) is 0 Å². The molecule has 0 unspecified atom stereocenters. The molecular weight excluding hydrogens is 376 g/mol. The van der Waals surface area contributed by atoms with Gasteiger partial charge in [-0.05, 0) is 52.3 Å². The average Bonchev–Trinajstić information content (AvgIpc) is 2.32. The molecule has 0 aliphatic carbocycles. The highest BCUT2D eigenvalue weighted by atomic mass is 79.9. The number of phenols is 1. The van der Waals surface area contributed by atoms with Crippen molar-refractivity contribution >= 4 is 49.1 Å². The molecule has 2 aromatic rings. The molecule has 0 saturated carbocycles. The molecule has 98 valence electrons. The molecule has 19 heavy (non-hydrogen) atoms. The van der Waals surface area contributed by atoms with Crippen LogP contribution >= 0.6 is 31.9 Å². The molecule has 2 rings (SSSR count). The van der Waals surface area contributed by atoms with Gasteiger partial charge in [-0.2, -0.15) is 0 Å². The molecule has 0 saturated heterocycles. The van der Waals surface area contributed by atoms with Gasteiger partial charge in [-0.1, -0.05) is 15.9 Å². The smallest absolute Gasteiger partial charge is 0.259 e. The van der Waals surface area contributed by atoms with E-state index >= 15 is 0 Å². The summed E-state index contributed by atoms with van der Waals surface area (Å²) in [5.41, 5.74) is 7.00. The minimum absolute atomic E-state index is 0.0848. The Morgan fingerprint density at radius 2 is 1.89 bits per heavy atom. The second kappa shape index (κ2) is 5.63. The van der Waals surface area contributed by atoms with Crippen LogP contribution in [0.5, 0.6) is 5.75 Å². The van der Waals surface area contributed by atoms with E-state index in [1.165, 1.54) is 6.07 Å². The van der Waals surface area contributed by atoms with Gasteiger partial charge in [0, 0.05) is 14.6 Å². The minimum atomic E-state index is -0.393. The molecule has 2 aromatic carbocycles. The van der Waals surface area contributed by atoms with Gasteiger partial charge in [0.05, 0.1) is 11.3 Å². The first-order valence-corrected chi connectivity index (χ1v) is 6.91. The maximum atomic E-state index is 12.0. The summed E-state index contributed by atoms with van der Waals surface area (Å²) in [6.45, 7) is 0. The second-order valence-electron chi connectivity index (χ2n) is 3.85. The minimum Gasteiger partial charge on any atom is -0.507 e. The Hall–Kier alpha value is -1.53. The van der Waals surface area contributed by atoms with Crippen LogP contribution in [0, 0.1) is 0 Å². The second-order valence-corrected chi connectivity index (χ2v) is 5.62. The molecular formula is C13H10Br2N2O2. The molecule has 0 heterocycles. The Labute approximate surface area is 126 Å².